The van der Waals surface area contributed by atoms with Crippen molar-refractivity contribution in [3.8, 4) is 11.1 Å². The predicted octanol–water partition coefficient (Wildman–Crippen LogP) is 2.98. The van der Waals surface area contributed by atoms with E-state index in [-0.39, 0.29) is 0 Å². The smallest absolute Gasteiger partial charge is 0.151 e. The summed E-state index contributed by atoms with van der Waals surface area (Å²) < 4.78 is 0. The molecule has 2 rings (SSSR count). The molecule has 2 aromatic rings. The number of nitrogens with two attached hydrogens (primary N) is 1. The average Bonchev–Trinajstić information content (AvgIpc) is 2.23. The molecular weight excluding hydrogens is 196 g/mol. The van der Waals surface area contributed by atoms with E-state index in [2.05, 4.69) is 4.98 Å². The summed E-state index contributed by atoms with van der Waals surface area (Å²) in [6.07, 6.45) is 1.72. The van der Waals surface area contributed by atoms with Crippen LogP contribution in [0.25, 0.3) is 11.1 Å². The van der Waals surface area contributed by atoms with Gasteiger partial charge in [-0.25, -0.2) is 4.98 Å². The Morgan fingerprint density at radius 2 is 1.79 bits per heavy atom. The number of aromatic nitrogens is 1. The maximum Gasteiger partial charge on any atom is 0.151 e. The van der Waals surface area contributed by atoms with Crippen LogP contribution in [-0.4, -0.2) is 4.98 Å². The first-order valence-corrected chi connectivity index (χ1v) is 4.61. The fourth-order valence-corrected chi connectivity index (χ4v) is 1.36. The molecule has 0 aliphatic rings. The van der Waals surface area contributed by atoms with Gasteiger partial charge in [-0.15, -0.1) is 0 Å². The number of anilines is 1. The zero-order valence-corrected chi connectivity index (χ0v) is 8.20. The SMILES string of the molecule is Nc1cc(-c2ccccc2)cnc1Cl. The van der Waals surface area contributed by atoms with Crippen molar-refractivity contribution in [3.05, 3.63) is 47.7 Å². The summed E-state index contributed by atoms with van der Waals surface area (Å²) >= 11 is 5.73. The van der Waals surface area contributed by atoms with Gasteiger partial charge in [-0.2, -0.15) is 0 Å². The second-order valence-corrected chi connectivity index (χ2v) is 3.33. The molecule has 3 heteroatoms. The molecule has 0 bridgehead atoms. The highest BCUT2D eigenvalue weighted by atomic mass is 35.5. The van der Waals surface area contributed by atoms with E-state index in [9.17, 15) is 0 Å². The van der Waals surface area contributed by atoms with Crippen molar-refractivity contribution in [1.29, 1.82) is 0 Å². The highest BCUT2D eigenvalue weighted by Crippen LogP contribution is 2.23. The molecule has 70 valence electrons. The van der Waals surface area contributed by atoms with Crippen molar-refractivity contribution in [2.24, 2.45) is 0 Å². The van der Waals surface area contributed by atoms with Gasteiger partial charge in [-0.3, -0.25) is 0 Å². The normalized spacial score (nSPS) is 10.1. The van der Waals surface area contributed by atoms with E-state index in [1.165, 1.54) is 0 Å². The molecule has 0 amide bonds. The quantitative estimate of drug-likeness (QED) is 0.726. The Balaban J connectivity index is 2.48. The molecule has 2 nitrogen and oxygen atoms in total. The summed E-state index contributed by atoms with van der Waals surface area (Å²) in [5, 5.41) is 0.352. The molecule has 0 radical (unpaired) electrons. The Hall–Kier alpha value is -1.54. The van der Waals surface area contributed by atoms with E-state index in [0.29, 0.717) is 10.8 Å². The lowest BCUT2D eigenvalue weighted by Gasteiger charge is -2.02. The summed E-state index contributed by atoms with van der Waals surface area (Å²) in [6, 6.07) is 11.7. The Morgan fingerprint density at radius 3 is 2.43 bits per heavy atom. The highest BCUT2D eigenvalue weighted by Gasteiger charge is 2.01. The van der Waals surface area contributed by atoms with Crippen LogP contribution >= 0.6 is 11.6 Å². The number of hydrogen-bond acceptors (Lipinski definition) is 2. The van der Waals surface area contributed by atoms with E-state index >= 15 is 0 Å². The highest BCUT2D eigenvalue weighted by molar-refractivity contribution is 6.31. The number of halogens is 1. The molecule has 0 saturated carbocycles. The number of rotatable bonds is 1. The minimum absolute atomic E-state index is 0.352. The first-order chi connectivity index (χ1) is 6.77. The monoisotopic (exact) mass is 204 g/mol. The van der Waals surface area contributed by atoms with Crippen LogP contribution in [0.4, 0.5) is 5.69 Å². The molecule has 2 N–H and O–H groups in total. The van der Waals surface area contributed by atoms with Crippen LogP contribution in [0.1, 0.15) is 0 Å². The van der Waals surface area contributed by atoms with E-state index in [1.54, 1.807) is 6.20 Å². The van der Waals surface area contributed by atoms with Crippen LogP contribution in [0, 0.1) is 0 Å². The minimum atomic E-state index is 0.352. The van der Waals surface area contributed by atoms with Crippen LogP contribution in [0.15, 0.2) is 42.6 Å². The molecule has 14 heavy (non-hydrogen) atoms. The maximum atomic E-state index is 5.73. The van der Waals surface area contributed by atoms with Gasteiger partial charge in [0.25, 0.3) is 0 Å². The van der Waals surface area contributed by atoms with Crippen molar-refractivity contribution in [2.75, 3.05) is 5.73 Å². The molecular formula is C11H9ClN2. The van der Waals surface area contributed by atoms with Crippen molar-refractivity contribution >= 4 is 17.3 Å². The van der Waals surface area contributed by atoms with Crippen molar-refractivity contribution < 1.29 is 0 Å². The second kappa shape index (κ2) is 3.68. The summed E-state index contributed by atoms with van der Waals surface area (Å²) in [5.41, 5.74) is 8.24. The molecule has 0 saturated heterocycles. The second-order valence-electron chi connectivity index (χ2n) is 2.97. The molecule has 1 aromatic carbocycles. The standard InChI is InChI=1S/C11H9ClN2/c12-11-10(13)6-9(7-14-11)8-4-2-1-3-5-8/h1-7H,13H2. The van der Waals surface area contributed by atoms with Gasteiger partial charge in [-0.1, -0.05) is 41.9 Å². The Kier molecular flexibility index (Phi) is 2.37. The van der Waals surface area contributed by atoms with Gasteiger partial charge in [0.15, 0.2) is 5.15 Å². The topological polar surface area (TPSA) is 38.9 Å². The van der Waals surface area contributed by atoms with Gasteiger partial charge < -0.3 is 5.73 Å². The number of pyridine rings is 1. The molecule has 1 heterocycles. The summed E-state index contributed by atoms with van der Waals surface area (Å²) in [7, 11) is 0. The maximum absolute atomic E-state index is 5.73. The fraction of sp³-hybridized carbons (Fsp3) is 0. The van der Waals surface area contributed by atoms with E-state index in [0.717, 1.165) is 11.1 Å². The van der Waals surface area contributed by atoms with Gasteiger partial charge in [0.2, 0.25) is 0 Å². The predicted molar refractivity (Wildman–Crippen MR) is 59.1 cm³/mol. The van der Waals surface area contributed by atoms with Gasteiger partial charge in [-0.05, 0) is 11.6 Å². The van der Waals surface area contributed by atoms with Gasteiger partial charge in [0.1, 0.15) is 0 Å². The third kappa shape index (κ3) is 1.70. The largest absolute Gasteiger partial charge is 0.396 e. The molecule has 0 spiro atoms. The van der Waals surface area contributed by atoms with Crippen LogP contribution in [0.5, 0.6) is 0 Å². The third-order valence-electron chi connectivity index (χ3n) is 1.97. The van der Waals surface area contributed by atoms with E-state index in [1.807, 2.05) is 36.4 Å². The van der Waals surface area contributed by atoms with Crippen LogP contribution in [0.2, 0.25) is 5.15 Å². The molecule has 0 atom stereocenters. The lowest BCUT2D eigenvalue weighted by Crippen LogP contribution is -1.90. The average molecular weight is 205 g/mol. The zero-order chi connectivity index (χ0) is 9.97. The number of nitrogens with zero attached hydrogens (tertiary/aromatic N) is 1. The Labute approximate surface area is 87.4 Å². The van der Waals surface area contributed by atoms with Crippen molar-refractivity contribution in [2.45, 2.75) is 0 Å². The van der Waals surface area contributed by atoms with E-state index < -0.39 is 0 Å². The van der Waals surface area contributed by atoms with Crippen LogP contribution in [0.3, 0.4) is 0 Å². The summed E-state index contributed by atoms with van der Waals surface area (Å²) in [6.45, 7) is 0. The zero-order valence-electron chi connectivity index (χ0n) is 7.44. The van der Waals surface area contributed by atoms with Gasteiger partial charge in [0.05, 0.1) is 5.69 Å². The summed E-state index contributed by atoms with van der Waals surface area (Å²) in [4.78, 5) is 4.00. The summed E-state index contributed by atoms with van der Waals surface area (Å²) in [5.74, 6) is 0. The molecule has 0 unspecified atom stereocenters. The van der Waals surface area contributed by atoms with Gasteiger partial charge in [0, 0.05) is 11.8 Å². The Morgan fingerprint density at radius 1 is 1.07 bits per heavy atom. The van der Waals surface area contributed by atoms with E-state index in [4.69, 9.17) is 17.3 Å². The lowest BCUT2D eigenvalue weighted by atomic mass is 10.1. The minimum Gasteiger partial charge on any atom is -0.396 e. The van der Waals surface area contributed by atoms with Gasteiger partial charge >= 0.3 is 0 Å². The lowest BCUT2D eigenvalue weighted by molar-refractivity contribution is 1.33. The molecule has 0 aliphatic carbocycles. The van der Waals surface area contributed by atoms with Crippen LogP contribution < -0.4 is 5.73 Å². The fourth-order valence-electron chi connectivity index (χ4n) is 1.25. The molecule has 0 fully saturated rings. The van der Waals surface area contributed by atoms with Crippen LogP contribution in [-0.2, 0) is 0 Å². The molecule has 1 aromatic heterocycles. The number of nitrogen functional groups attached to an aromatic ring is 1. The first kappa shape index (κ1) is 9.03. The third-order valence-corrected chi connectivity index (χ3v) is 2.29. The van der Waals surface area contributed by atoms with Crippen molar-refractivity contribution in [3.63, 3.8) is 0 Å². The Bertz CT molecular complexity index is 440. The number of hydrogen-bond donors (Lipinski definition) is 1. The van der Waals surface area contributed by atoms with Crippen molar-refractivity contribution in [1.82, 2.24) is 4.98 Å². The molecule has 0 aliphatic heterocycles. The number of benzene rings is 1. The first-order valence-electron chi connectivity index (χ1n) is 4.24.